The first kappa shape index (κ1) is 13.1. The molecule has 2 aromatic rings. The number of nitrogens with one attached hydrogen (secondary N) is 1. The highest BCUT2D eigenvalue weighted by molar-refractivity contribution is 7.91. The smallest absolute Gasteiger partial charge is 0.181 e. The number of anilines is 1. The van der Waals surface area contributed by atoms with Crippen LogP contribution in [0.1, 0.15) is 11.6 Å². The standard InChI is InChI=1S/C14H11F2NO2S/c15-10-5-3-6-11(16)14(10)17-12-8-20(18,19)13-7-2-1-4-9(12)13/h1-7,12,17H,8H2. The van der Waals surface area contributed by atoms with Crippen LogP contribution < -0.4 is 5.32 Å². The van der Waals surface area contributed by atoms with Crippen LogP contribution in [-0.2, 0) is 9.84 Å². The van der Waals surface area contributed by atoms with E-state index in [4.69, 9.17) is 0 Å². The molecule has 0 fully saturated rings. The highest BCUT2D eigenvalue weighted by atomic mass is 32.2. The summed E-state index contributed by atoms with van der Waals surface area (Å²) < 4.78 is 51.2. The molecule has 1 unspecified atom stereocenters. The quantitative estimate of drug-likeness (QED) is 0.926. The lowest BCUT2D eigenvalue weighted by Gasteiger charge is -2.15. The lowest BCUT2D eigenvalue weighted by atomic mass is 10.1. The van der Waals surface area contributed by atoms with Crippen molar-refractivity contribution in [3.8, 4) is 0 Å². The molecule has 0 amide bonds. The molecule has 3 rings (SSSR count). The first-order chi connectivity index (χ1) is 9.49. The zero-order valence-corrected chi connectivity index (χ0v) is 11.1. The highest BCUT2D eigenvalue weighted by Gasteiger charge is 2.35. The van der Waals surface area contributed by atoms with Crippen molar-refractivity contribution in [2.24, 2.45) is 0 Å². The maximum atomic E-state index is 13.6. The molecule has 0 radical (unpaired) electrons. The van der Waals surface area contributed by atoms with Gasteiger partial charge in [-0.1, -0.05) is 24.3 Å². The Kier molecular flexibility index (Phi) is 2.97. The summed E-state index contributed by atoms with van der Waals surface area (Å²) in [5.41, 5.74) is 0.236. The van der Waals surface area contributed by atoms with Crippen molar-refractivity contribution in [2.45, 2.75) is 10.9 Å². The molecule has 1 aliphatic rings. The first-order valence-electron chi connectivity index (χ1n) is 6.01. The van der Waals surface area contributed by atoms with Crippen LogP contribution in [0, 0.1) is 11.6 Å². The van der Waals surface area contributed by atoms with Gasteiger partial charge >= 0.3 is 0 Å². The van der Waals surface area contributed by atoms with Crippen LogP contribution in [0.2, 0.25) is 0 Å². The Morgan fingerprint density at radius 1 is 1.00 bits per heavy atom. The fraction of sp³-hybridized carbons (Fsp3) is 0.143. The third kappa shape index (κ3) is 2.06. The van der Waals surface area contributed by atoms with Gasteiger partial charge in [0.25, 0.3) is 0 Å². The lowest BCUT2D eigenvalue weighted by molar-refractivity contribution is 0.582. The average molecular weight is 295 g/mol. The summed E-state index contributed by atoms with van der Waals surface area (Å²) in [4.78, 5) is 0.217. The van der Waals surface area contributed by atoms with Gasteiger partial charge in [-0.05, 0) is 23.8 Å². The van der Waals surface area contributed by atoms with E-state index in [1.807, 2.05) is 0 Å². The molecule has 1 atom stereocenters. The minimum absolute atomic E-state index is 0.208. The fourth-order valence-corrected chi connectivity index (χ4v) is 4.12. The normalized spacial score (nSPS) is 19.6. The molecular weight excluding hydrogens is 284 g/mol. The van der Waals surface area contributed by atoms with Crippen LogP contribution in [0.4, 0.5) is 14.5 Å². The zero-order valence-electron chi connectivity index (χ0n) is 10.3. The van der Waals surface area contributed by atoms with Crippen molar-refractivity contribution >= 4 is 15.5 Å². The van der Waals surface area contributed by atoms with Gasteiger partial charge in [0, 0.05) is 0 Å². The van der Waals surface area contributed by atoms with E-state index < -0.39 is 27.5 Å². The molecule has 2 aromatic carbocycles. The van der Waals surface area contributed by atoms with Crippen LogP contribution >= 0.6 is 0 Å². The number of fused-ring (bicyclic) bond motifs is 1. The van der Waals surface area contributed by atoms with E-state index in [1.165, 1.54) is 12.1 Å². The molecular formula is C14H11F2NO2S. The molecule has 0 saturated heterocycles. The molecule has 1 N–H and O–H groups in total. The molecule has 0 saturated carbocycles. The molecule has 6 heteroatoms. The van der Waals surface area contributed by atoms with Crippen LogP contribution in [-0.4, -0.2) is 14.2 Å². The van der Waals surface area contributed by atoms with Gasteiger partial charge < -0.3 is 5.32 Å². The predicted octanol–water partition coefficient (Wildman–Crippen LogP) is 2.91. The minimum atomic E-state index is -3.41. The van der Waals surface area contributed by atoms with E-state index in [0.717, 1.165) is 12.1 Å². The number of hydrogen-bond donors (Lipinski definition) is 1. The number of para-hydroxylation sites is 1. The second kappa shape index (κ2) is 4.56. The Bertz CT molecular complexity index is 754. The second-order valence-electron chi connectivity index (χ2n) is 4.61. The maximum Gasteiger partial charge on any atom is 0.181 e. The summed E-state index contributed by atoms with van der Waals surface area (Å²) in [6.45, 7) is 0. The number of benzene rings is 2. The van der Waals surface area contributed by atoms with Gasteiger partial charge in [0.2, 0.25) is 0 Å². The van der Waals surface area contributed by atoms with Crippen molar-refractivity contribution in [2.75, 3.05) is 11.1 Å². The largest absolute Gasteiger partial charge is 0.372 e. The highest BCUT2D eigenvalue weighted by Crippen LogP contribution is 2.36. The third-order valence-electron chi connectivity index (χ3n) is 3.30. The summed E-state index contributed by atoms with van der Waals surface area (Å²) in [6, 6.07) is 9.34. The molecule has 3 nitrogen and oxygen atoms in total. The van der Waals surface area contributed by atoms with Crippen LogP contribution in [0.25, 0.3) is 0 Å². The molecule has 0 aliphatic carbocycles. The van der Waals surface area contributed by atoms with Crippen LogP contribution in [0.15, 0.2) is 47.4 Å². The Morgan fingerprint density at radius 3 is 2.35 bits per heavy atom. The first-order valence-corrected chi connectivity index (χ1v) is 7.66. The number of halogens is 2. The van der Waals surface area contributed by atoms with Crippen LogP contribution in [0.5, 0.6) is 0 Å². The van der Waals surface area contributed by atoms with Gasteiger partial charge in [0.1, 0.15) is 17.3 Å². The van der Waals surface area contributed by atoms with Gasteiger partial charge in [-0.15, -0.1) is 0 Å². The molecule has 0 spiro atoms. The second-order valence-corrected chi connectivity index (χ2v) is 6.62. The zero-order chi connectivity index (χ0) is 14.3. The lowest BCUT2D eigenvalue weighted by Crippen LogP contribution is -2.14. The summed E-state index contributed by atoms with van der Waals surface area (Å²) in [5.74, 6) is -1.70. The van der Waals surface area contributed by atoms with E-state index in [1.54, 1.807) is 18.2 Å². The van der Waals surface area contributed by atoms with E-state index in [9.17, 15) is 17.2 Å². The number of rotatable bonds is 2. The third-order valence-corrected chi connectivity index (χ3v) is 5.11. The van der Waals surface area contributed by atoms with Crippen molar-refractivity contribution < 1.29 is 17.2 Å². The number of sulfone groups is 1. The summed E-state index contributed by atoms with van der Waals surface area (Å²) in [6.07, 6.45) is 0. The predicted molar refractivity (Wildman–Crippen MR) is 71.2 cm³/mol. The SMILES string of the molecule is O=S1(=O)CC(Nc2c(F)cccc2F)c2ccccc21. The van der Waals surface area contributed by atoms with Crippen molar-refractivity contribution in [1.82, 2.24) is 0 Å². The molecule has 1 heterocycles. The summed E-state index contributed by atoms with van der Waals surface area (Å²) in [7, 11) is -3.41. The van der Waals surface area contributed by atoms with E-state index >= 15 is 0 Å². The molecule has 0 bridgehead atoms. The molecule has 104 valence electrons. The van der Waals surface area contributed by atoms with Gasteiger partial charge in [-0.25, -0.2) is 17.2 Å². The van der Waals surface area contributed by atoms with E-state index in [2.05, 4.69) is 5.32 Å². The summed E-state index contributed by atoms with van der Waals surface area (Å²) in [5, 5.41) is 2.66. The average Bonchev–Trinajstić information content (AvgIpc) is 2.66. The molecule has 20 heavy (non-hydrogen) atoms. The van der Waals surface area contributed by atoms with Gasteiger partial charge in [0.05, 0.1) is 16.7 Å². The van der Waals surface area contributed by atoms with Crippen molar-refractivity contribution in [1.29, 1.82) is 0 Å². The Morgan fingerprint density at radius 2 is 1.65 bits per heavy atom. The topological polar surface area (TPSA) is 46.2 Å². The monoisotopic (exact) mass is 295 g/mol. The fourth-order valence-electron chi connectivity index (χ4n) is 2.38. The Labute approximate surface area is 115 Å². The van der Waals surface area contributed by atoms with E-state index in [0.29, 0.717) is 5.56 Å². The molecule has 1 aliphatic heterocycles. The Balaban J connectivity index is 2.02. The number of hydrogen-bond acceptors (Lipinski definition) is 3. The molecule has 0 aromatic heterocycles. The van der Waals surface area contributed by atoms with E-state index in [-0.39, 0.29) is 16.3 Å². The van der Waals surface area contributed by atoms with Crippen molar-refractivity contribution in [3.05, 3.63) is 59.7 Å². The van der Waals surface area contributed by atoms with Gasteiger partial charge in [-0.2, -0.15) is 0 Å². The van der Waals surface area contributed by atoms with Crippen molar-refractivity contribution in [3.63, 3.8) is 0 Å². The van der Waals surface area contributed by atoms with Gasteiger partial charge in [-0.3, -0.25) is 0 Å². The summed E-state index contributed by atoms with van der Waals surface area (Å²) >= 11 is 0. The maximum absolute atomic E-state index is 13.6. The van der Waals surface area contributed by atoms with Gasteiger partial charge in [0.15, 0.2) is 9.84 Å². The van der Waals surface area contributed by atoms with Crippen LogP contribution in [0.3, 0.4) is 0 Å². The minimum Gasteiger partial charge on any atom is -0.372 e. The Hall–Kier alpha value is -1.95.